The van der Waals surface area contributed by atoms with Gasteiger partial charge in [0.05, 0.1) is 0 Å². The molecule has 1 aromatic rings. The van der Waals surface area contributed by atoms with E-state index < -0.39 is 0 Å². The second-order valence-corrected chi connectivity index (χ2v) is 6.30. The summed E-state index contributed by atoms with van der Waals surface area (Å²) in [7, 11) is 0. The first-order valence-electron chi connectivity index (χ1n) is 7.88. The fourth-order valence-corrected chi connectivity index (χ4v) is 4.00. The van der Waals surface area contributed by atoms with Crippen LogP contribution >= 0.6 is 0 Å². The average Bonchev–Trinajstić information content (AvgIpc) is 2.40. The summed E-state index contributed by atoms with van der Waals surface area (Å²) in [6, 6.07) is 12.9. The number of rotatable bonds is 4. The standard InChI is InChI=1S/C17H26N2/c18-15-12-16-9-4-10-17(13-15)19(16)11-5-8-14-6-2-1-3-7-14/h1-3,6-7,15-17H,4-5,8-13,18H2. The van der Waals surface area contributed by atoms with Crippen LogP contribution in [0.25, 0.3) is 0 Å². The summed E-state index contributed by atoms with van der Waals surface area (Å²) in [5.74, 6) is 0. The van der Waals surface area contributed by atoms with E-state index in [-0.39, 0.29) is 0 Å². The summed E-state index contributed by atoms with van der Waals surface area (Å²) < 4.78 is 0. The third-order valence-electron chi connectivity index (χ3n) is 4.89. The first-order valence-corrected chi connectivity index (χ1v) is 7.88. The Balaban J connectivity index is 1.52. The monoisotopic (exact) mass is 258 g/mol. The van der Waals surface area contributed by atoms with E-state index in [0.29, 0.717) is 6.04 Å². The number of nitrogens with two attached hydrogens (primary N) is 1. The molecule has 2 N–H and O–H groups in total. The van der Waals surface area contributed by atoms with Gasteiger partial charge in [-0.15, -0.1) is 0 Å². The van der Waals surface area contributed by atoms with Crippen molar-refractivity contribution >= 4 is 0 Å². The van der Waals surface area contributed by atoms with E-state index in [9.17, 15) is 0 Å². The van der Waals surface area contributed by atoms with Gasteiger partial charge < -0.3 is 5.73 Å². The van der Waals surface area contributed by atoms with Crippen molar-refractivity contribution in [3.05, 3.63) is 35.9 Å². The van der Waals surface area contributed by atoms with Crippen molar-refractivity contribution in [1.29, 1.82) is 0 Å². The number of hydrogen-bond acceptors (Lipinski definition) is 2. The summed E-state index contributed by atoms with van der Waals surface area (Å²) >= 11 is 0. The van der Waals surface area contributed by atoms with Gasteiger partial charge in [0.1, 0.15) is 0 Å². The van der Waals surface area contributed by atoms with Crippen molar-refractivity contribution < 1.29 is 0 Å². The number of fused-ring (bicyclic) bond motifs is 2. The van der Waals surface area contributed by atoms with Crippen LogP contribution in [0.1, 0.15) is 44.1 Å². The lowest BCUT2D eigenvalue weighted by molar-refractivity contribution is 0.0308. The van der Waals surface area contributed by atoms with Crippen molar-refractivity contribution in [3.8, 4) is 0 Å². The van der Waals surface area contributed by atoms with Gasteiger partial charge in [-0.05, 0) is 50.6 Å². The first kappa shape index (κ1) is 13.1. The molecule has 2 fully saturated rings. The van der Waals surface area contributed by atoms with Gasteiger partial charge in [0.2, 0.25) is 0 Å². The molecule has 2 bridgehead atoms. The second kappa shape index (κ2) is 6.06. The molecule has 2 saturated heterocycles. The molecule has 104 valence electrons. The highest BCUT2D eigenvalue weighted by molar-refractivity contribution is 5.14. The summed E-state index contributed by atoms with van der Waals surface area (Å²) in [6.45, 7) is 1.26. The van der Waals surface area contributed by atoms with Crippen LogP contribution in [0.15, 0.2) is 30.3 Å². The molecular formula is C17H26N2. The van der Waals surface area contributed by atoms with Crippen LogP contribution in [-0.2, 0) is 6.42 Å². The van der Waals surface area contributed by atoms with Crippen molar-refractivity contribution in [1.82, 2.24) is 4.90 Å². The minimum Gasteiger partial charge on any atom is -0.328 e. The van der Waals surface area contributed by atoms with E-state index in [0.717, 1.165) is 12.1 Å². The van der Waals surface area contributed by atoms with Gasteiger partial charge >= 0.3 is 0 Å². The van der Waals surface area contributed by atoms with Gasteiger partial charge in [0.15, 0.2) is 0 Å². The normalized spacial score (nSPS) is 31.3. The van der Waals surface area contributed by atoms with Crippen molar-refractivity contribution in [2.75, 3.05) is 6.54 Å². The summed E-state index contributed by atoms with van der Waals surface area (Å²) in [6.07, 6.45) is 9.10. The lowest BCUT2D eigenvalue weighted by atomic mass is 9.82. The Bertz CT molecular complexity index is 376. The lowest BCUT2D eigenvalue weighted by Gasteiger charge is -2.48. The molecule has 1 aromatic carbocycles. The molecule has 2 heterocycles. The maximum Gasteiger partial charge on any atom is 0.0113 e. The summed E-state index contributed by atoms with van der Waals surface area (Å²) in [4.78, 5) is 2.77. The van der Waals surface area contributed by atoms with E-state index in [1.54, 1.807) is 0 Å². The summed E-state index contributed by atoms with van der Waals surface area (Å²) in [5.41, 5.74) is 7.65. The molecule has 0 amide bonds. The average molecular weight is 258 g/mol. The quantitative estimate of drug-likeness (QED) is 0.899. The van der Waals surface area contributed by atoms with Crippen LogP contribution in [-0.4, -0.2) is 29.6 Å². The van der Waals surface area contributed by atoms with Crippen LogP contribution in [0.3, 0.4) is 0 Å². The number of aryl methyl sites for hydroxylation is 1. The Labute approximate surface area is 117 Å². The van der Waals surface area contributed by atoms with Crippen molar-refractivity contribution in [3.63, 3.8) is 0 Å². The molecule has 19 heavy (non-hydrogen) atoms. The number of benzene rings is 1. The molecule has 0 saturated carbocycles. The largest absolute Gasteiger partial charge is 0.328 e. The number of hydrogen-bond donors (Lipinski definition) is 1. The molecule has 0 aromatic heterocycles. The highest BCUT2D eigenvalue weighted by Gasteiger charge is 2.36. The molecule has 0 spiro atoms. The molecule has 2 aliphatic heterocycles. The Hall–Kier alpha value is -0.860. The zero-order valence-corrected chi connectivity index (χ0v) is 11.8. The van der Waals surface area contributed by atoms with E-state index in [1.807, 2.05) is 0 Å². The minimum atomic E-state index is 0.459. The highest BCUT2D eigenvalue weighted by Crippen LogP contribution is 2.33. The van der Waals surface area contributed by atoms with Crippen LogP contribution in [0.2, 0.25) is 0 Å². The molecule has 2 atom stereocenters. The Morgan fingerprint density at radius 3 is 2.42 bits per heavy atom. The molecule has 2 aliphatic rings. The molecule has 2 heteroatoms. The van der Waals surface area contributed by atoms with Crippen LogP contribution in [0.5, 0.6) is 0 Å². The van der Waals surface area contributed by atoms with E-state index >= 15 is 0 Å². The molecule has 2 unspecified atom stereocenters. The maximum atomic E-state index is 6.18. The third kappa shape index (κ3) is 3.18. The zero-order valence-electron chi connectivity index (χ0n) is 11.8. The Morgan fingerprint density at radius 2 is 1.74 bits per heavy atom. The number of nitrogens with zero attached hydrogens (tertiary/aromatic N) is 1. The van der Waals surface area contributed by atoms with Gasteiger partial charge in [0, 0.05) is 18.1 Å². The summed E-state index contributed by atoms with van der Waals surface area (Å²) in [5, 5.41) is 0. The van der Waals surface area contributed by atoms with Crippen molar-refractivity contribution in [2.24, 2.45) is 5.73 Å². The predicted molar refractivity (Wildman–Crippen MR) is 80.1 cm³/mol. The second-order valence-electron chi connectivity index (χ2n) is 6.30. The van der Waals surface area contributed by atoms with Gasteiger partial charge in [0.25, 0.3) is 0 Å². The van der Waals surface area contributed by atoms with Crippen LogP contribution in [0, 0.1) is 0 Å². The molecule has 3 rings (SSSR count). The van der Waals surface area contributed by atoms with Gasteiger partial charge in [-0.3, -0.25) is 4.90 Å². The number of piperidine rings is 2. The minimum absolute atomic E-state index is 0.459. The topological polar surface area (TPSA) is 29.3 Å². The zero-order chi connectivity index (χ0) is 13.1. The SMILES string of the molecule is NC1CC2CCCC(C1)N2CCCc1ccccc1. The Kier molecular flexibility index (Phi) is 4.19. The third-order valence-corrected chi connectivity index (χ3v) is 4.89. The molecule has 2 nitrogen and oxygen atoms in total. The van der Waals surface area contributed by atoms with Gasteiger partial charge in [-0.25, -0.2) is 0 Å². The highest BCUT2D eigenvalue weighted by atomic mass is 15.2. The van der Waals surface area contributed by atoms with Crippen LogP contribution in [0.4, 0.5) is 0 Å². The van der Waals surface area contributed by atoms with Gasteiger partial charge in [-0.2, -0.15) is 0 Å². The molecular weight excluding hydrogens is 232 g/mol. The first-order chi connectivity index (χ1) is 9.33. The van der Waals surface area contributed by atoms with E-state index in [1.165, 1.54) is 57.1 Å². The Morgan fingerprint density at radius 1 is 1.05 bits per heavy atom. The van der Waals surface area contributed by atoms with Crippen molar-refractivity contribution in [2.45, 2.75) is 63.1 Å². The van der Waals surface area contributed by atoms with E-state index in [2.05, 4.69) is 35.2 Å². The maximum absolute atomic E-state index is 6.18. The fraction of sp³-hybridized carbons (Fsp3) is 0.647. The van der Waals surface area contributed by atoms with E-state index in [4.69, 9.17) is 5.73 Å². The predicted octanol–water partition coefficient (Wildman–Crippen LogP) is 2.96. The lowest BCUT2D eigenvalue weighted by Crippen LogP contribution is -2.55. The van der Waals surface area contributed by atoms with Gasteiger partial charge in [-0.1, -0.05) is 36.8 Å². The smallest absolute Gasteiger partial charge is 0.0113 e. The van der Waals surface area contributed by atoms with Crippen LogP contribution < -0.4 is 5.73 Å². The fourth-order valence-electron chi connectivity index (χ4n) is 4.00. The molecule has 0 aliphatic carbocycles. The molecule has 0 radical (unpaired) electrons.